The highest BCUT2D eigenvalue weighted by molar-refractivity contribution is 5.79. The highest BCUT2D eigenvalue weighted by Gasteiger charge is 2.13. The lowest BCUT2D eigenvalue weighted by molar-refractivity contribution is -0.124. The minimum atomic E-state index is -0.336. The number of rotatable bonds is 6. The van der Waals surface area contributed by atoms with Crippen molar-refractivity contribution < 1.29 is 9.53 Å². The van der Waals surface area contributed by atoms with Crippen LogP contribution in [0, 0.1) is 0 Å². The predicted octanol–water partition coefficient (Wildman–Crippen LogP) is 1.22. The van der Waals surface area contributed by atoms with E-state index in [1.807, 2.05) is 12.1 Å². The van der Waals surface area contributed by atoms with Crippen LogP contribution in [-0.2, 0) is 4.79 Å². The molecule has 0 aliphatic heterocycles. The van der Waals surface area contributed by atoms with E-state index in [-0.39, 0.29) is 11.9 Å². The van der Waals surface area contributed by atoms with Crippen LogP contribution in [-0.4, -0.2) is 28.8 Å². The van der Waals surface area contributed by atoms with Gasteiger partial charge in [-0.25, -0.2) is 0 Å². The molecule has 20 heavy (non-hydrogen) atoms. The standard InChI is InChI=1S/C14H18N4O2/c1-11(18-8-3-6-17-18)14(19)16-7-9-20-13-5-2-4-12(15)10-13/h2-6,8,10-11H,7,9,15H2,1H3,(H,16,19). The van der Waals surface area contributed by atoms with Gasteiger partial charge in [0.2, 0.25) is 5.91 Å². The molecule has 1 aromatic carbocycles. The van der Waals surface area contributed by atoms with Gasteiger partial charge < -0.3 is 15.8 Å². The van der Waals surface area contributed by atoms with Crippen molar-refractivity contribution >= 4 is 11.6 Å². The first kappa shape index (κ1) is 13.9. The van der Waals surface area contributed by atoms with Gasteiger partial charge in [-0.05, 0) is 25.1 Å². The number of carbonyl (C=O) groups excluding carboxylic acids is 1. The predicted molar refractivity (Wildman–Crippen MR) is 76.3 cm³/mol. The Labute approximate surface area is 117 Å². The van der Waals surface area contributed by atoms with Crippen LogP contribution < -0.4 is 15.8 Å². The lowest BCUT2D eigenvalue weighted by Gasteiger charge is -2.13. The van der Waals surface area contributed by atoms with Gasteiger partial charge in [-0.3, -0.25) is 9.48 Å². The lowest BCUT2D eigenvalue weighted by atomic mass is 10.3. The maximum absolute atomic E-state index is 11.9. The number of nitrogens with one attached hydrogen (secondary N) is 1. The summed E-state index contributed by atoms with van der Waals surface area (Å²) in [4.78, 5) is 11.9. The Morgan fingerprint density at radius 2 is 2.35 bits per heavy atom. The van der Waals surface area contributed by atoms with Crippen molar-refractivity contribution in [2.24, 2.45) is 0 Å². The second-order valence-corrected chi connectivity index (χ2v) is 4.37. The van der Waals surface area contributed by atoms with Crippen molar-refractivity contribution in [1.29, 1.82) is 0 Å². The molecule has 0 spiro atoms. The van der Waals surface area contributed by atoms with E-state index in [2.05, 4.69) is 10.4 Å². The first-order chi connectivity index (χ1) is 9.66. The van der Waals surface area contributed by atoms with Crippen LogP contribution in [0.5, 0.6) is 5.75 Å². The van der Waals surface area contributed by atoms with E-state index in [0.29, 0.717) is 24.6 Å². The Kier molecular flexibility index (Phi) is 4.60. The van der Waals surface area contributed by atoms with Crippen LogP contribution >= 0.6 is 0 Å². The number of ether oxygens (including phenoxy) is 1. The summed E-state index contributed by atoms with van der Waals surface area (Å²) < 4.78 is 7.10. The molecule has 1 aromatic heterocycles. The Hall–Kier alpha value is -2.50. The number of nitrogens with two attached hydrogens (primary N) is 1. The summed E-state index contributed by atoms with van der Waals surface area (Å²) in [7, 11) is 0. The molecule has 0 radical (unpaired) electrons. The molecule has 1 unspecified atom stereocenters. The Morgan fingerprint density at radius 1 is 1.50 bits per heavy atom. The lowest BCUT2D eigenvalue weighted by Crippen LogP contribution is -2.34. The Balaban J connectivity index is 1.72. The average molecular weight is 274 g/mol. The molecule has 6 heteroatoms. The van der Waals surface area contributed by atoms with Gasteiger partial charge in [0, 0.05) is 24.1 Å². The zero-order chi connectivity index (χ0) is 14.4. The summed E-state index contributed by atoms with van der Waals surface area (Å²) in [6.07, 6.45) is 3.40. The summed E-state index contributed by atoms with van der Waals surface area (Å²) >= 11 is 0. The third-order valence-corrected chi connectivity index (χ3v) is 2.83. The topological polar surface area (TPSA) is 82.2 Å². The second kappa shape index (κ2) is 6.60. The van der Waals surface area contributed by atoms with Crippen LogP contribution in [0.2, 0.25) is 0 Å². The molecule has 1 heterocycles. The van der Waals surface area contributed by atoms with Crippen LogP contribution in [0.15, 0.2) is 42.7 Å². The van der Waals surface area contributed by atoms with E-state index in [9.17, 15) is 4.79 Å². The maximum Gasteiger partial charge on any atom is 0.244 e. The number of hydrogen-bond acceptors (Lipinski definition) is 4. The Bertz CT molecular complexity index is 554. The van der Waals surface area contributed by atoms with Gasteiger partial charge in [-0.1, -0.05) is 6.07 Å². The second-order valence-electron chi connectivity index (χ2n) is 4.37. The van der Waals surface area contributed by atoms with Crippen LogP contribution in [0.1, 0.15) is 13.0 Å². The average Bonchev–Trinajstić information content (AvgIpc) is 2.96. The quantitative estimate of drug-likeness (QED) is 0.613. The number of aromatic nitrogens is 2. The SMILES string of the molecule is CC(C(=O)NCCOc1cccc(N)c1)n1cccn1. The Morgan fingerprint density at radius 3 is 3.05 bits per heavy atom. The number of benzene rings is 1. The molecule has 0 saturated carbocycles. The van der Waals surface area contributed by atoms with Crippen LogP contribution in [0.25, 0.3) is 0 Å². The zero-order valence-corrected chi connectivity index (χ0v) is 11.3. The van der Waals surface area contributed by atoms with Gasteiger partial charge in [-0.15, -0.1) is 0 Å². The fourth-order valence-corrected chi connectivity index (χ4v) is 1.73. The van der Waals surface area contributed by atoms with Gasteiger partial charge in [-0.2, -0.15) is 5.10 Å². The number of anilines is 1. The molecule has 2 aromatic rings. The highest BCUT2D eigenvalue weighted by Crippen LogP contribution is 2.13. The van der Waals surface area contributed by atoms with Crippen molar-refractivity contribution in [2.45, 2.75) is 13.0 Å². The van der Waals surface area contributed by atoms with Crippen molar-refractivity contribution in [1.82, 2.24) is 15.1 Å². The summed E-state index contributed by atoms with van der Waals surface area (Å²) in [5, 5.41) is 6.83. The van der Waals surface area contributed by atoms with Gasteiger partial charge in [0.15, 0.2) is 0 Å². The van der Waals surface area contributed by atoms with E-state index in [1.165, 1.54) is 0 Å². The van der Waals surface area contributed by atoms with Gasteiger partial charge >= 0.3 is 0 Å². The first-order valence-corrected chi connectivity index (χ1v) is 6.42. The van der Waals surface area contributed by atoms with Crippen molar-refractivity contribution in [2.75, 3.05) is 18.9 Å². The van der Waals surface area contributed by atoms with Crippen molar-refractivity contribution in [3.8, 4) is 5.75 Å². The van der Waals surface area contributed by atoms with E-state index >= 15 is 0 Å². The molecule has 3 N–H and O–H groups in total. The van der Waals surface area contributed by atoms with Crippen molar-refractivity contribution in [3.05, 3.63) is 42.7 Å². The molecule has 0 aliphatic carbocycles. The molecule has 1 amide bonds. The summed E-state index contributed by atoms with van der Waals surface area (Å²) in [5.74, 6) is 0.601. The highest BCUT2D eigenvalue weighted by atomic mass is 16.5. The monoisotopic (exact) mass is 274 g/mol. The van der Waals surface area contributed by atoms with Gasteiger partial charge in [0.05, 0.1) is 6.54 Å². The van der Waals surface area contributed by atoms with Crippen molar-refractivity contribution in [3.63, 3.8) is 0 Å². The van der Waals surface area contributed by atoms with Gasteiger partial charge in [0.1, 0.15) is 18.4 Å². The third-order valence-electron chi connectivity index (χ3n) is 2.83. The van der Waals surface area contributed by atoms with Crippen LogP contribution in [0.4, 0.5) is 5.69 Å². The molecule has 2 rings (SSSR count). The minimum Gasteiger partial charge on any atom is -0.492 e. The smallest absolute Gasteiger partial charge is 0.244 e. The number of hydrogen-bond donors (Lipinski definition) is 2. The number of amides is 1. The maximum atomic E-state index is 11.9. The van der Waals surface area contributed by atoms with E-state index in [0.717, 1.165) is 0 Å². The number of nitrogen functional groups attached to an aromatic ring is 1. The molecule has 106 valence electrons. The first-order valence-electron chi connectivity index (χ1n) is 6.42. The fourth-order valence-electron chi connectivity index (χ4n) is 1.73. The molecule has 0 aliphatic rings. The molecular weight excluding hydrogens is 256 g/mol. The van der Waals surface area contributed by atoms with E-state index in [4.69, 9.17) is 10.5 Å². The molecule has 0 bridgehead atoms. The third kappa shape index (κ3) is 3.74. The van der Waals surface area contributed by atoms with E-state index in [1.54, 1.807) is 42.2 Å². The number of nitrogens with zero attached hydrogens (tertiary/aromatic N) is 2. The molecule has 0 saturated heterocycles. The van der Waals surface area contributed by atoms with E-state index < -0.39 is 0 Å². The summed E-state index contributed by atoms with van der Waals surface area (Å²) in [5.41, 5.74) is 6.30. The van der Waals surface area contributed by atoms with Crippen LogP contribution in [0.3, 0.4) is 0 Å². The normalized spacial score (nSPS) is 11.8. The largest absolute Gasteiger partial charge is 0.492 e. The molecule has 6 nitrogen and oxygen atoms in total. The summed E-state index contributed by atoms with van der Waals surface area (Å²) in [6.45, 7) is 2.61. The van der Waals surface area contributed by atoms with Gasteiger partial charge in [0.25, 0.3) is 0 Å². The zero-order valence-electron chi connectivity index (χ0n) is 11.3. The summed E-state index contributed by atoms with van der Waals surface area (Å²) in [6, 6.07) is 8.63. The number of carbonyl (C=O) groups is 1. The molecule has 1 atom stereocenters. The minimum absolute atomic E-state index is 0.0927. The fraction of sp³-hybridized carbons (Fsp3) is 0.286. The molecule has 0 fully saturated rings. The molecular formula is C14H18N4O2.